The second-order valence-corrected chi connectivity index (χ2v) is 5.19. The van der Waals surface area contributed by atoms with Crippen LogP contribution in [0.5, 0.6) is 0 Å². The Hall–Kier alpha value is -0.780. The van der Waals surface area contributed by atoms with Crippen LogP contribution in [0.4, 0.5) is 0 Å². The quantitative estimate of drug-likeness (QED) is 0.647. The molecule has 0 unspecified atom stereocenters. The van der Waals surface area contributed by atoms with E-state index in [4.69, 9.17) is 0 Å². The van der Waals surface area contributed by atoms with Gasteiger partial charge in [-0.05, 0) is 35.8 Å². The van der Waals surface area contributed by atoms with E-state index < -0.39 is 0 Å². The average molecular weight is 204 g/mol. The summed E-state index contributed by atoms with van der Waals surface area (Å²) in [7, 11) is 0. The largest absolute Gasteiger partial charge is 0.0628 e. The molecule has 0 nitrogen and oxygen atoms in total. The van der Waals surface area contributed by atoms with Crippen molar-refractivity contribution in [2.75, 3.05) is 0 Å². The molecule has 0 saturated carbocycles. The van der Waals surface area contributed by atoms with Gasteiger partial charge in [0, 0.05) is 0 Å². The van der Waals surface area contributed by atoms with Gasteiger partial charge in [-0.25, -0.2) is 0 Å². The van der Waals surface area contributed by atoms with Crippen molar-refractivity contribution in [3.8, 4) is 0 Å². The van der Waals surface area contributed by atoms with Gasteiger partial charge < -0.3 is 0 Å². The molecule has 0 amide bonds. The van der Waals surface area contributed by atoms with Crippen LogP contribution in [0.3, 0.4) is 0 Å². The number of aryl methyl sites for hydroxylation is 1. The van der Waals surface area contributed by atoms with Crippen molar-refractivity contribution in [1.29, 1.82) is 0 Å². The van der Waals surface area contributed by atoms with Gasteiger partial charge in [0.15, 0.2) is 0 Å². The van der Waals surface area contributed by atoms with Crippen molar-refractivity contribution in [2.24, 2.45) is 5.92 Å². The normalized spacial score (nSPS) is 11.3. The Kier molecular flexibility index (Phi) is 4.87. The summed E-state index contributed by atoms with van der Waals surface area (Å²) in [6, 6.07) is 9.05. The first-order valence-electron chi connectivity index (χ1n) is 6.18. The van der Waals surface area contributed by atoms with Crippen LogP contribution in [-0.2, 0) is 6.42 Å². The van der Waals surface area contributed by atoms with Crippen LogP contribution < -0.4 is 0 Å². The fourth-order valence-electron chi connectivity index (χ4n) is 1.82. The molecule has 15 heavy (non-hydrogen) atoms. The lowest BCUT2D eigenvalue weighted by Gasteiger charge is -2.08. The van der Waals surface area contributed by atoms with Crippen LogP contribution >= 0.6 is 0 Å². The van der Waals surface area contributed by atoms with Gasteiger partial charge in [-0.15, -0.1) is 0 Å². The van der Waals surface area contributed by atoms with Crippen LogP contribution in [-0.4, -0.2) is 0 Å². The molecule has 0 saturated heterocycles. The minimum absolute atomic E-state index is 0.648. The highest BCUT2D eigenvalue weighted by Crippen LogP contribution is 2.17. The first-order chi connectivity index (χ1) is 7.09. The predicted molar refractivity (Wildman–Crippen MR) is 68.3 cm³/mol. The topological polar surface area (TPSA) is 0 Å². The van der Waals surface area contributed by atoms with Crippen molar-refractivity contribution < 1.29 is 0 Å². The second kappa shape index (κ2) is 5.95. The predicted octanol–water partition coefficient (Wildman–Crippen LogP) is 4.79. The van der Waals surface area contributed by atoms with E-state index in [1.165, 1.54) is 30.4 Å². The summed E-state index contributed by atoms with van der Waals surface area (Å²) in [6.07, 6.45) is 3.89. The van der Waals surface area contributed by atoms with Crippen LogP contribution in [0.2, 0.25) is 0 Å². The number of hydrogen-bond acceptors (Lipinski definition) is 0. The Morgan fingerprint density at radius 2 is 1.80 bits per heavy atom. The summed E-state index contributed by atoms with van der Waals surface area (Å²) in [5, 5.41) is 0. The van der Waals surface area contributed by atoms with Crippen LogP contribution in [0, 0.1) is 5.92 Å². The summed E-state index contributed by atoms with van der Waals surface area (Å²) >= 11 is 0. The van der Waals surface area contributed by atoms with Crippen LogP contribution in [0.1, 0.15) is 57.6 Å². The summed E-state index contributed by atoms with van der Waals surface area (Å²) in [5.41, 5.74) is 2.97. The van der Waals surface area contributed by atoms with Gasteiger partial charge in [0.05, 0.1) is 0 Å². The molecular weight excluding hydrogens is 180 g/mol. The molecule has 0 fully saturated rings. The van der Waals surface area contributed by atoms with Crippen molar-refractivity contribution in [3.05, 3.63) is 35.4 Å². The number of benzene rings is 1. The summed E-state index contributed by atoms with van der Waals surface area (Å²) in [4.78, 5) is 0. The van der Waals surface area contributed by atoms with E-state index in [1.807, 2.05) is 0 Å². The fraction of sp³-hybridized carbons (Fsp3) is 0.600. The maximum atomic E-state index is 2.37. The fourth-order valence-corrected chi connectivity index (χ4v) is 1.82. The van der Waals surface area contributed by atoms with Gasteiger partial charge in [-0.1, -0.05) is 58.4 Å². The van der Waals surface area contributed by atoms with Gasteiger partial charge in [0.2, 0.25) is 0 Å². The lowest BCUT2D eigenvalue weighted by Crippen LogP contribution is -1.93. The maximum absolute atomic E-state index is 2.37. The molecule has 0 heteroatoms. The van der Waals surface area contributed by atoms with Crippen molar-refractivity contribution in [1.82, 2.24) is 0 Å². The lowest BCUT2D eigenvalue weighted by molar-refractivity contribution is 0.555. The Morgan fingerprint density at radius 1 is 1.07 bits per heavy atom. The molecule has 0 aliphatic carbocycles. The van der Waals surface area contributed by atoms with Gasteiger partial charge in [-0.2, -0.15) is 0 Å². The van der Waals surface area contributed by atoms with E-state index >= 15 is 0 Å². The Bertz CT molecular complexity index is 284. The van der Waals surface area contributed by atoms with E-state index in [1.54, 1.807) is 0 Å². The van der Waals surface area contributed by atoms with Gasteiger partial charge in [0.1, 0.15) is 0 Å². The summed E-state index contributed by atoms with van der Waals surface area (Å²) in [6.45, 7) is 9.11. The van der Waals surface area contributed by atoms with Gasteiger partial charge >= 0.3 is 0 Å². The third kappa shape index (κ3) is 4.51. The van der Waals surface area contributed by atoms with Gasteiger partial charge in [-0.3, -0.25) is 0 Å². The molecule has 0 radical (unpaired) electrons. The standard InChI is InChI=1S/C15H24/c1-12(2)7-5-8-14-9-6-10-15(11-14)13(3)4/h6,9-13H,5,7-8H2,1-4H3. The molecule has 0 aliphatic rings. The third-order valence-electron chi connectivity index (χ3n) is 2.86. The zero-order valence-corrected chi connectivity index (χ0v) is 10.6. The molecule has 0 aliphatic heterocycles. The first-order valence-corrected chi connectivity index (χ1v) is 6.18. The molecule has 0 aromatic heterocycles. The zero-order valence-electron chi connectivity index (χ0n) is 10.6. The SMILES string of the molecule is CC(C)CCCc1cccc(C(C)C)c1. The monoisotopic (exact) mass is 204 g/mol. The minimum atomic E-state index is 0.648. The molecule has 1 aromatic rings. The van der Waals surface area contributed by atoms with Crippen molar-refractivity contribution in [3.63, 3.8) is 0 Å². The summed E-state index contributed by atoms with van der Waals surface area (Å²) < 4.78 is 0. The van der Waals surface area contributed by atoms with E-state index in [-0.39, 0.29) is 0 Å². The van der Waals surface area contributed by atoms with Gasteiger partial charge in [0.25, 0.3) is 0 Å². The molecule has 1 rings (SSSR count). The Morgan fingerprint density at radius 3 is 2.40 bits per heavy atom. The third-order valence-corrected chi connectivity index (χ3v) is 2.86. The highest BCUT2D eigenvalue weighted by atomic mass is 14.1. The number of rotatable bonds is 5. The van der Waals surface area contributed by atoms with Crippen molar-refractivity contribution >= 4 is 0 Å². The van der Waals surface area contributed by atoms with Crippen LogP contribution in [0.25, 0.3) is 0 Å². The maximum Gasteiger partial charge on any atom is -0.0219 e. The Labute approximate surface area is 94.7 Å². The molecule has 0 bridgehead atoms. The highest BCUT2D eigenvalue weighted by molar-refractivity contribution is 5.25. The molecule has 0 heterocycles. The smallest absolute Gasteiger partial charge is 0.0219 e. The molecular formula is C15H24. The summed E-state index contributed by atoms with van der Waals surface area (Å²) in [5.74, 6) is 1.48. The zero-order chi connectivity index (χ0) is 11.3. The second-order valence-electron chi connectivity index (χ2n) is 5.19. The average Bonchev–Trinajstić information content (AvgIpc) is 2.17. The van der Waals surface area contributed by atoms with E-state index in [2.05, 4.69) is 52.0 Å². The van der Waals surface area contributed by atoms with E-state index in [0.717, 1.165) is 5.92 Å². The van der Waals surface area contributed by atoms with E-state index in [9.17, 15) is 0 Å². The Balaban J connectivity index is 2.50. The lowest BCUT2D eigenvalue weighted by atomic mass is 9.97. The minimum Gasteiger partial charge on any atom is -0.0628 e. The van der Waals surface area contributed by atoms with Crippen molar-refractivity contribution in [2.45, 2.75) is 52.9 Å². The molecule has 84 valence electrons. The molecule has 1 aromatic carbocycles. The first kappa shape index (κ1) is 12.3. The molecule has 0 atom stereocenters. The van der Waals surface area contributed by atoms with Crippen LogP contribution in [0.15, 0.2) is 24.3 Å². The highest BCUT2D eigenvalue weighted by Gasteiger charge is 2.01. The van der Waals surface area contributed by atoms with E-state index in [0.29, 0.717) is 5.92 Å². The molecule has 0 spiro atoms. The number of hydrogen-bond donors (Lipinski definition) is 0. The molecule has 0 N–H and O–H groups in total.